The van der Waals surface area contributed by atoms with Crippen molar-refractivity contribution in [2.75, 3.05) is 5.32 Å². The molecule has 1 aromatic heterocycles. The average Bonchev–Trinajstić information content (AvgIpc) is 2.75. The highest BCUT2D eigenvalue weighted by Gasteiger charge is 2.39. The Morgan fingerprint density at radius 1 is 1.65 bits per heavy atom. The van der Waals surface area contributed by atoms with E-state index in [2.05, 4.69) is 10.4 Å². The number of nitrogens with zero attached hydrogens (tertiary/aromatic N) is 2. The van der Waals surface area contributed by atoms with Crippen LogP contribution in [0.25, 0.3) is 0 Å². The molecule has 4 nitrogen and oxygen atoms in total. The largest absolute Gasteiger partial charge is 0.408 e. The molecule has 2 unspecified atom stereocenters. The van der Waals surface area contributed by atoms with Gasteiger partial charge < -0.3 is 5.32 Å². The SMILES string of the molecule is CC1CC1C(=O)Nc1cnn(CC(F)(F)F)c1. The smallest absolute Gasteiger partial charge is 0.323 e. The van der Waals surface area contributed by atoms with E-state index in [1.807, 2.05) is 6.92 Å². The predicted octanol–water partition coefficient (Wildman–Crippen LogP) is 2.04. The molecule has 1 N–H and O–H groups in total. The van der Waals surface area contributed by atoms with Crippen LogP contribution in [0.4, 0.5) is 18.9 Å². The number of aromatic nitrogens is 2. The Kier molecular flexibility index (Phi) is 2.84. The molecule has 2 atom stereocenters. The summed E-state index contributed by atoms with van der Waals surface area (Å²) in [5, 5.41) is 6.09. The number of halogens is 3. The first-order valence-electron chi connectivity index (χ1n) is 5.25. The maximum absolute atomic E-state index is 12.1. The fourth-order valence-corrected chi connectivity index (χ4v) is 1.62. The molecular formula is C10H12F3N3O. The fourth-order valence-electron chi connectivity index (χ4n) is 1.62. The summed E-state index contributed by atoms with van der Waals surface area (Å²) >= 11 is 0. The topological polar surface area (TPSA) is 46.9 Å². The molecule has 0 aromatic carbocycles. The Bertz CT molecular complexity index is 427. The molecule has 1 aliphatic rings. The minimum absolute atomic E-state index is 0.0130. The van der Waals surface area contributed by atoms with Crippen LogP contribution in [0.2, 0.25) is 0 Å². The van der Waals surface area contributed by atoms with Crippen LogP contribution in [0.1, 0.15) is 13.3 Å². The van der Waals surface area contributed by atoms with E-state index in [4.69, 9.17) is 0 Å². The van der Waals surface area contributed by atoms with Gasteiger partial charge in [0.1, 0.15) is 6.54 Å². The van der Waals surface area contributed by atoms with Crippen LogP contribution >= 0.6 is 0 Å². The third-order valence-electron chi connectivity index (χ3n) is 2.69. The number of anilines is 1. The third-order valence-corrected chi connectivity index (χ3v) is 2.69. The van der Waals surface area contributed by atoms with E-state index in [1.54, 1.807) is 0 Å². The van der Waals surface area contributed by atoms with Crippen LogP contribution in [-0.4, -0.2) is 21.9 Å². The summed E-state index contributed by atoms with van der Waals surface area (Å²) in [6.07, 6.45) is -1.07. The van der Waals surface area contributed by atoms with Gasteiger partial charge in [-0.3, -0.25) is 9.48 Å². The summed E-state index contributed by atoms with van der Waals surface area (Å²) in [6.45, 7) is 0.806. The second-order valence-corrected chi connectivity index (χ2v) is 4.35. The minimum atomic E-state index is -4.31. The quantitative estimate of drug-likeness (QED) is 0.888. The standard InChI is InChI=1S/C10H12F3N3O/c1-6-2-8(6)9(17)15-7-3-14-16(4-7)5-10(11,12)13/h3-4,6,8H,2,5H2,1H3,(H,15,17). The van der Waals surface area contributed by atoms with Gasteiger partial charge in [0.2, 0.25) is 5.91 Å². The molecule has 1 saturated carbocycles. The van der Waals surface area contributed by atoms with Gasteiger partial charge in [-0.2, -0.15) is 18.3 Å². The van der Waals surface area contributed by atoms with E-state index in [9.17, 15) is 18.0 Å². The van der Waals surface area contributed by atoms with E-state index in [1.165, 1.54) is 12.4 Å². The molecule has 1 amide bonds. The summed E-state index contributed by atoms with van der Waals surface area (Å²) in [7, 11) is 0. The first-order chi connectivity index (χ1) is 7.85. The van der Waals surface area contributed by atoms with Gasteiger partial charge in [0.05, 0.1) is 11.9 Å². The van der Waals surface area contributed by atoms with Crippen molar-refractivity contribution >= 4 is 11.6 Å². The van der Waals surface area contributed by atoms with E-state index in [0.29, 0.717) is 11.6 Å². The van der Waals surface area contributed by atoms with Gasteiger partial charge in [-0.25, -0.2) is 0 Å². The summed E-state index contributed by atoms with van der Waals surface area (Å²) in [6, 6.07) is 0. The molecule has 1 aromatic rings. The lowest BCUT2D eigenvalue weighted by atomic mass is 10.3. The molecule has 0 bridgehead atoms. The first-order valence-corrected chi connectivity index (χ1v) is 5.25. The van der Waals surface area contributed by atoms with Crippen molar-refractivity contribution in [3.63, 3.8) is 0 Å². The van der Waals surface area contributed by atoms with Gasteiger partial charge in [0, 0.05) is 12.1 Å². The number of amides is 1. The zero-order valence-electron chi connectivity index (χ0n) is 9.16. The highest BCUT2D eigenvalue weighted by Crippen LogP contribution is 2.38. The van der Waals surface area contributed by atoms with Crippen molar-refractivity contribution in [3.8, 4) is 0 Å². The zero-order valence-corrected chi connectivity index (χ0v) is 9.16. The van der Waals surface area contributed by atoms with Crippen LogP contribution in [0.5, 0.6) is 0 Å². The Morgan fingerprint density at radius 3 is 2.82 bits per heavy atom. The Hall–Kier alpha value is -1.53. The number of hydrogen-bond donors (Lipinski definition) is 1. The van der Waals surface area contributed by atoms with E-state index in [0.717, 1.165) is 11.1 Å². The van der Waals surface area contributed by atoms with Gasteiger partial charge in [-0.05, 0) is 12.3 Å². The highest BCUT2D eigenvalue weighted by atomic mass is 19.4. The van der Waals surface area contributed by atoms with Gasteiger partial charge in [-0.1, -0.05) is 6.92 Å². The third kappa shape index (κ3) is 3.21. The van der Waals surface area contributed by atoms with Crippen molar-refractivity contribution in [2.24, 2.45) is 11.8 Å². The molecular weight excluding hydrogens is 235 g/mol. The molecule has 0 spiro atoms. The van der Waals surface area contributed by atoms with Crippen molar-refractivity contribution in [1.82, 2.24) is 9.78 Å². The number of rotatable bonds is 3. The molecule has 1 fully saturated rings. The number of carbonyl (C=O) groups is 1. The second kappa shape index (κ2) is 4.05. The van der Waals surface area contributed by atoms with Crippen molar-refractivity contribution in [1.29, 1.82) is 0 Å². The van der Waals surface area contributed by atoms with E-state index >= 15 is 0 Å². The lowest BCUT2D eigenvalue weighted by molar-refractivity contribution is -0.142. The van der Waals surface area contributed by atoms with Crippen LogP contribution < -0.4 is 5.32 Å². The lowest BCUT2D eigenvalue weighted by Gasteiger charge is -2.05. The molecule has 7 heteroatoms. The molecule has 0 radical (unpaired) electrons. The predicted molar refractivity (Wildman–Crippen MR) is 54.2 cm³/mol. The van der Waals surface area contributed by atoms with E-state index in [-0.39, 0.29) is 11.8 Å². The number of carbonyl (C=O) groups excluding carboxylic acids is 1. The maximum Gasteiger partial charge on any atom is 0.408 e. The summed E-state index contributed by atoms with van der Waals surface area (Å²) < 4.78 is 36.9. The van der Waals surface area contributed by atoms with Gasteiger partial charge >= 0.3 is 6.18 Å². The number of alkyl halides is 3. The normalized spacial score (nSPS) is 23.5. The summed E-state index contributed by atoms with van der Waals surface area (Å²) in [5.74, 6) is 0.199. The van der Waals surface area contributed by atoms with Crippen LogP contribution in [-0.2, 0) is 11.3 Å². The zero-order chi connectivity index (χ0) is 12.6. The summed E-state index contributed by atoms with van der Waals surface area (Å²) in [5.41, 5.74) is 0.304. The Labute approximate surface area is 95.8 Å². The maximum atomic E-state index is 12.1. The summed E-state index contributed by atoms with van der Waals surface area (Å²) in [4.78, 5) is 11.5. The number of nitrogens with one attached hydrogen (secondary N) is 1. The molecule has 0 aliphatic heterocycles. The monoisotopic (exact) mass is 247 g/mol. The molecule has 94 valence electrons. The van der Waals surface area contributed by atoms with Crippen LogP contribution in [0.15, 0.2) is 12.4 Å². The average molecular weight is 247 g/mol. The molecule has 17 heavy (non-hydrogen) atoms. The molecule has 1 heterocycles. The lowest BCUT2D eigenvalue weighted by Crippen LogP contribution is -2.18. The molecule has 0 saturated heterocycles. The second-order valence-electron chi connectivity index (χ2n) is 4.35. The van der Waals surface area contributed by atoms with Crippen LogP contribution in [0.3, 0.4) is 0 Å². The van der Waals surface area contributed by atoms with Crippen LogP contribution in [0, 0.1) is 11.8 Å². The van der Waals surface area contributed by atoms with Gasteiger partial charge in [-0.15, -0.1) is 0 Å². The van der Waals surface area contributed by atoms with Crippen molar-refractivity contribution in [2.45, 2.75) is 26.1 Å². The Balaban J connectivity index is 1.92. The molecule has 1 aliphatic carbocycles. The fraction of sp³-hybridized carbons (Fsp3) is 0.600. The Morgan fingerprint density at radius 2 is 2.29 bits per heavy atom. The van der Waals surface area contributed by atoms with E-state index < -0.39 is 12.7 Å². The van der Waals surface area contributed by atoms with Crippen molar-refractivity contribution in [3.05, 3.63) is 12.4 Å². The molecule has 2 rings (SSSR count). The number of hydrogen-bond acceptors (Lipinski definition) is 2. The van der Waals surface area contributed by atoms with Crippen molar-refractivity contribution < 1.29 is 18.0 Å². The highest BCUT2D eigenvalue weighted by molar-refractivity contribution is 5.94. The first kappa shape index (κ1) is 11.9. The van der Waals surface area contributed by atoms with Gasteiger partial charge in [0.15, 0.2) is 0 Å². The van der Waals surface area contributed by atoms with Gasteiger partial charge in [0.25, 0.3) is 0 Å². The minimum Gasteiger partial charge on any atom is -0.323 e.